The number of rotatable bonds is 7. The molecule has 1 aliphatic heterocycles. The van der Waals surface area contributed by atoms with Crippen LogP contribution in [0.3, 0.4) is 0 Å². The molecule has 0 bridgehead atoms. The maximum Gasteiger partial charge on any atom is 0.273 e. The quantitative estimate of drug-likeness (QED) is 0.495. The SMILES string of the molecule is CN(Cc1ccccc1)C(=O)CN1CCN(C(=O)c2csc(Nc3ccc(Cl)c(Cl)c3)n2)CC1. The lowest BCUT2D eigenvalue weighted by molar-refractivity contribution is -0.132. The minimum atomic E-state index is -0.106. The van der Waals surface area contributed by atoms with E-state index in [1.807, 2.05) is 37.4 Å². The van der Waals surface area contributed by atoms with Crippen LogP contribution in [0, 0.1) is 0 Å². The molecule has 1 N–H and O–H groups in total. The van der Waals surface area contributed by atoms with Gasteiger partial charge in [0.25, 0.3) is 5.91 Å². The summed E-state index contributed by atoms with van der Waals surface area (Å²) >= 11 is 13.4. The summed E-state index contributed by atoms with van der Waals surface area (Å²) in [7, 11) is 1.82. The van der Waals surface area contributed by atoms with E-state index >= 15 is 0 Å². The molecule has 1 fully saturated rings. The molecule has 0 saturated carbocycles. The van der Waals surface area contributed by atoms with E-state index in [9.17, 15) is 9.59 Å². The fourth-order valence-corrected chi connectivity index (χ4v) is 4.66. The fraction of sp³-hybridized carbons (Fsp3) is 0.292. The second kappa shape index (κ2) is 11.2. The summed E-state index contributed by atoms with van der Waals surface area (Å²) in [5.41, 5.74) is 2.25. The number of hydrogen-bond donors (Lipinski definition) is 1. The highest BCUT2D eigenvalue weighted by atomic mass is 35.5. The third-order valence-electron chi connectivity index (χ3n) is 5.60. The van der Waals surface area contributed by atoms with E-state index in [2.05, 4.69) is 15.2 Å². The molecular weight excluding hydrogens is 493 g/mol. The molecule has 0 unspecified atom stereocenters. The van der Waals surface area contributed by atoms with Crippen molar-refractivity contribution >= 4 is 57.2 Å². The fourth-order valence-electron chi connectivity index (χ4n) is 3.66. The Balaban J connectivity index is 1.25. The van der Waals surface area contributed by atoms with E-state index in [1.165, 1.54) is 11.3 Å². The van der Waals surface area contributed by atoms with Gasteiger partial charge in [0.05, 0.1) is 16.6 Å². The molecule has 2 amide bonds. The molecule has 2 aromatic carbocycles. The number of carbonyl (C=O) groups excluding carboxylic acids is 2. The minimum Gasteiger partial charge on any atom is -0.340 e. The van der Waals surface area contributed by atoms with Crippen molar-refractivity contribution in [2.24, 2.45) is 0 Å². The van der Waals surface area contributed by atoms with Crippen molar-refractivity contribution in [2.75, 3.05) is 45.1 Å². The first-order valence-corrected chi connectivity index (χ1v) is 12.5. The molecule has 10 heteroatoms. The van der Waals surface area contributed by atoms with Gasteiger partial charge in [0.15, 0.2) is 5.13 Å². The van der Waals surface area contributed by atoms with Gasteiger partial charge in [0.1, 0.15) is 5.69 Å². The Labute approximate surface area is 212 Å². The largest absolute Gasteiger partial charge is 0.340 e. The molecule has 0 radical (unpaired) electrons. The number of aromatic nitrogens is 1. The third kappa shape index (κ3) is 6.27. The average Bonchev–Trinajstić information content (AvgIpc) is 3.30. The van der Waals surface area contributed by atoms with Crippen LogP contribution in [0.4, 0.5) is 10.8 Å². The number of piperazine rings is 1. The molecule has 1 aliphatic rings. The van der Waals surface area contributed by atoms with E-state index in [0.717, 1.165) is 11.3 Å². The number of halogens is 2. The van der Waals surface area contributed by atoms with Gasteiger partial charge >= 0.3 is 0 Å². The number of nitrogens with zero attached hydrogens (tertiary/aromatic N) is 4. The summed E-state index contributed by atoms with van der Waals surface area (Å²) in [6.45, 7) is 3.34. The highest BCUT2D eigenvalue weighted by molar-refractivity contribution is 7.14. The second-order valence-electron chi connectivity index (χ2n) is 8.10. The van der Waals surface area contributed by atoms with Crippen molar-refractivity contribution in [3.05, 3.63) is 75.2 Å². The monoisotopic (exact) mass is 517 g/mol. The Morgan fingerprint density at radius 1 is 1.06 bits per heavy atom. The van der Waals surface area contributed by atoms with Crippen LogP contribution in [-0.4, -0.2) is 71.3 Å². The molecule has 3 aromatic rings. The van der Waals surface area contributed by atoms with Gasteiger partial charge in [-0.25, -0.2) is 4.98 Å². The van der Waals surface area contributed by atoms with Gasteiger partial charge in [-0.05, 0) is 23.8 Å². The number of benzene rings is 2. The molecule has 7 nitrogen and oxygen atoms in total. The van der Waals surface area contributed by atoms with Crippen LogP contribution >= 0.6 is 34.5 Å². The molecule has 178 valence electrons. The average molecular weight is 518 g/mol. The number of likely N-dealkylation sites (N-methyl/N-ethyl adjacent to an activating group) is 1. The summed E-state index contributed by atoms with van der Waals surface area (Å²) < 4.78 is 0. The normalized spacial score (nSPS) is 14.1. The highest BCUT2D eigenvalue weighted by Gasteiger charge is 2.25. The molecule has 4 rings (SSSR count). The van der Waals surface area contributed by atoms with Gasteiger partial charge in [-0.1, -0.05) is 53.5 Å². The van der Waals surface area contributed by atoms with Crippen LogP contribution in [-0.2, 0) is 11.3 Å². The van der Waals surface area contributed by atoms with E-state index in [0.29, 0.717) is 60.1 Å². The molecule has 2 heterocycles. The first-order valence-electron chi connectivity index (χ1n) is 10.9. The number of anilines is 2. The molecule has 0 aliphatic carbocycles. The van der Waals surface area contributed by atoms with Crippen molar-refractivity contribution < 1.29 is 9.59 Å². The minimum absolute atomic E-state index is 0.0705. The van der Waals surface area contributed by atoms with Crippen LogP contribution in [0.2, 0.25) is 10.0 Å². The molecule has 0 atom stereocenters. The zero-order valence-corrected chi connectivity index (χ0v) is 21.0. The Bertz CT molecular complexity index is 1150. The van der Waals surface area contributed by atoms with Gasteiger partial charge in [-0.15, -0.1) is 11.3 Å². The number of thiazole rings is 1. The Hall–Kier alpha value is -2.65. The summed E-state index contributed by atoms with van der Waals surface area (Å²) in [5.74, 6) is -0.0354. The first-order chi connectivity index (χ1) is 16.4. The third-order valence-corrected chi connectivity index (χ3v) is 7.10. The summed E-state index contributed by atoms with van der Waals surface area (Å²) in [5, 5.41) is 6.42. The lowest BCUT2D eigenvalue weighted by atomic mass is 10.2. The molecule has 0 spiro atoms. The molecular formula is C24H25Cl2N5O2S. The smallest absolute Gasteiger partial charge is 0.273 e. The topological polar surface area (TPSA) is 68.8 Å². The lowest BCUT2D eigenvalue weighted by Gasteiger charge is -2.34. The van der Waals surface area contributed by atoms with Gasteiger partial charge in [0, 0.05) is 50.8 Å². The molecule has 1 aromatic heterocycles. The number of carbonyl (C=O) groups is 2. The van der Waals surface area contributed by atoms with E-state index in [4.69, 9.17) is 23.2 Å². The van der Waals surface area contributed by atoms with Gasteiger partial charge in [-0.3, -0.25) is 14.5 Å². The lowest BCUT2D eigenvalue weighted by Crippen LogP contribution is -2.51. The Morgan fingerprint density at radius 3 is 2.50 bits per heavy atom. The first kappa shape index (κ1) is 24.5. The van der Waals surface area contributed by atoms with E-state index < -0.39 is 0 Å². The van der Waals surface area contributed by atoms with Crippen molar-refractivity contribution in [1.82, 2.24) is 19.7 Å². The van der Waals surface area contributed by atoms with Crippen molar-refractivity contribution in [3.63, 3.8) is 0 Å². The maximum atomic E-state index is 12.9. The number of amides is 2. The van der Waals surface area contributed by atoms with E-state index in [1.54, 1.807) is 33.4 Å². The predicted molar refractivity (Wildman–Crippen MR) is 137 cm³/mol. The Kier molecular flexibility index (Phi) is 8.05. The van der Waals surface area contributed by atoms with Crippen LogP contribution in [0.1, 0.15) is 16.1 Å². The predicted octanol–water partition coefficient (Wildman–Crippen LogP) is 4.61. The zero-order chi connectivity index (χ0) is 24.1. The van der Waals surface area contributed by atoms with Crippen LogP contribution in [0.15, 0.2) is 53.9 Å². The summed E-state index contributed by atoms with van der Waals surface area (Å²) in [6, 6.07) is 15.1. The molecule has 1 saturated heterocycles. The summed E-state index contributed by atoms with van der Waals surface area (Å²) in [4.78, 5) is 35.6. The maximum absolute atomic E-state index is 12.9. The Morgan fingerprint density at radius 2 is 1.79 bits per heavy atom. The highest BCUT2D eigenvalue weighted by Crippen LogP contribution is 2.28. The van der Waals surface area contributed by atoms with Gasteiger partial charge in [-0.2, -0.15) is 0 Å². The van der Waals surface area contributed by atoms with Crippen LogP contribution in [0.25, 0.3) is 0 Å². The zero-order valence-electron chi connectivity index (χ0n) is 18.7. The van der Waals surface area contributed by atoms with Crippen molar-refractivity contribution in [2.45, 2.75) is 6.54 Å². The standard InChI is InChI=1S/C24H25Cl2N5O2S/c1-29(14-17-5-3-2-4-6-17)22(32)15-30-9-11-31(12-10-30)23(33)21-16-34-24(28-21)27-18-7-8-19(25)20(26)13-18/h2-8,13,16H,9-12,14-15H2,1H3,(H,27,28). The summed E-state index contributed by atoms with van der Waals surface area (Å²) in [6.07, 6.45) is 0. The van der Waals surface area contributed by atoms with Crippen molar-refractivity contribution in [1.29, 1.82) is 0 Å². The van der Waals surface area contributed by atoms with Gasteiger partial charge in [0.2, 0.25) is 5.91 Å². The number of hydrogen-bond acceptors (Lipinski definition) is 6. The van der Waals surface area contributed by atoms with Gasteiger partial charge < -0.3 is 15.1 Å². The molecule has 34 heavy (non-hydrogen) atoms. The van der Waals surface area contributed by atoms with Crippen LogP contribution in [0.5, 0.6) is 0 Å². The second-order valence-corrected chi connectivity index (χ2v) is 9.77. The van der Waals surface area contributed by atoms with Crippen LogP contribution < -0.4 is 5.32 Å². The number of nitrogens with one attached hydrogen (secondary N) is 1. The van der Waals surface area contributed by atoms with E-state index in [-0.39, 0.29) is 11.8 Å². The van der Waals surface area contributed by atoms with Crippen molar-refractivity contribution in [3.8, 4) is 0 Å².